The maximum absolute atomic E-state index is 10.6. The average Bonchev–Trinajstić information content (AvgIpc) is 3.44. The van der Waals surface area contributed by atoms with Crippen molar-refractivity contribution in [3.05, 3.63) is 48.0 Å². The highest BCUT2D eigenvalue weighted by Crippen LogP contribution is 2.33. The number of alkyl halides is 6. The molecule has 3 atom stereocenters. The third-order valence-electron chi connectivity index (χ3n) is 5.47. The van der Waals surface area contributed by atoms with Gasteiger partial charge in [0.25, 0.3) is 0 Å². The first-order valence-corrected chi connectivity index (χ1v) is 11.1. The highest BCUT2D eigenvalue weighted by Gasteiger charge is 2.43. The van der Waals surface area contributed by atoms with Gasteiger partial charge in [-0.15, -0.1) is 0 Å². The normalized spacial score (nSPS) is 21.4. The molecule has 0 radical (unpaired) electrons. The molecule has 16 heteroatoms. The fourth-order valence-corrected chi connectivity index (χ4v) is 3.84. The summed E-state index contributed by atoms with van der Waals surface area (Å²) >= 11 is 0. The Morgan fingerprint density at radius 3 is 2.21 bits per heavy atom. The monoisotopic (exact) mass is 556 g/mol. The molecule has 2 N–H and O–H groups in total. The Morgan fingerprint density at radius 1 is 1.08 bits per heavy atom. The largest absolute Gasteiger partial charge is 0.490 e. The van der Waals surface area contributed by atoms with Crippen LogP contribution in [0, 0.1) is 0 Å². The number of halogens is 6. The van der Waals surface area contributed by atoms with Crippen molar-refractivity contribution >= 4 is 11.9 Å². The fourth-order valence-electron chi connectivity index (χ4n) is 3.84. The number of ether oxygens (including phenoxy) is 2. The third-order valence-corrected chi connectivity index (χ3v) is 5.47. The minimum absolute atomic E-state index is 0.173. The first-order valence-electron chi connectivity index (χ1n) is 11.1. The molecule has 0 aromatic carbocycles. The number of aryl methyl sites for hydroxylation is 1. The van der Waals surface area contributed by atoms with Gasteiger partial charge in [-0.3, -0.25) is 14.6 Å². The molecule has 0 amide bonds. The van der Waals surface area contributed by atoms with E-state index in [0.717, 1.165) is 38.1 Å². The highest BCUT2D eigenvalue weighted by atomic mass is 19.4. The summed E-state index contributed by atoms with van der Waals surface area (Å²) in [6.07, 6.45) is 0.0605. The molecule has 2 aromatic rings. The molecule has 10 nitrogen and oxygen atoms in total. The Balaban J connectivity index is 0.000000301. The molecule has 1 saturated heterocycles. The second-order valence-corrected chi connectivity index (χ2v) is 8.29. The minimum Gasteiger partial charge on any atom is -0.475 e. The van der Waals surface area contributed by atoms with E-state index in [0.29, 0.717) is 12.6 Å². The van der Waals surface area contributed by atoms with E-state index >= 15 is 0 Å². The van der Waals surface area contributed by atoms with Gasteiger partial charge in [-0.2, -0.15) is 31.4 Å². The summed E-state index contributed by atoms with van der Waals surface area (Å²) in [6, 6.07) is 4.44. The van der Waals surface area contributed by atoms with Crippen molar-refractivity contribution < 1.29 is 55.6 Å². The lowest BCUT2D eigenvalue weighted by atomic mass is 10.1. The topological polar surface area (TPSA) is 127 Å². The van der Waals surface area contributed by atoms with E-state index in [1.54, 1.807) is 6.20 Å². The van der Waals surface area contributed by atoms with Crippen molar-refractivity contribution in [2.45, 2.75) is 56.6 Å². The van der Waals surface area contributed by atoms with Crippen LogP contribution in [0.5, 0.6) is 0 Å². The number of fused-ring (bicyclic) bond motifs is 1. The Hall–Kier alpha value is -3.24. The molecule has 2 fully saturated rings. The molecule has 2 aromatic heterocycles. The Kier molecular flexibility index (Phi) is 11.0. The number of hydrogen-bond donors (Lipinski definition) is 2. The number of hydrogen-bond acceptors (Lipinski definition) is 7. The fraction of sp³-hybridized carbons (Fsp3) is 0.545. The van der Waals surface area contributed by atoms with Gasteiger partial charge in [0.1, 0.15) is 0 Å². The second kappa shape index (κ2) is 13.5. The van der Waals surface area contributed by atoms with Crippen LogP contribution in [-0.4, -0.2) is 85.6 Å². The lowest BCUT2D eigenvalue weighted by Crippen LogP contribution is -2.51. The zero-order chi connectivity index (χ0) is 28.5. The van der Waals surface area contributed by atoms with Crippen LogP contribution in [0.4, 0.5) is 26.3 Å². The predicted molar refractivity (Wildman–Crippen MR) is 117 cm³/mol. The number of pyridine rings is 1. The van der Waals surface area contributed by atoms with Crippen LogP contribution >= 0.6 is 0 Å². The quantitative estimate of drug-likeness (QED) is 0.535. The predicted octanol–water partition coefficient (Wildman–Crippen LogP) is 3.03. The second-order valence-electron chi connectivity index (χ2n) is 8.29. The molecule has 1 aliphatic heterocycles. The van der Waals surface area contributed by atoms with E-state index < -0.39 is 24.3 Å². The standard InChI is InChI=1S/C18H24N4O2.2C2HF3O2/c1-21-11-15(10-20-21)12-22-7-8-23-18-16(22)4-5-17(18)24-13-14-3-2-6-19-9-14;2*3-2(4,5)1(6)7/h2-3,6,9-11,16-18H,4-5,7-8,12-13H2,1H3;2*(H,6,7)/t16-,17+,18+;;/m0../s1. The Labute approximate surface area is 212 Å². The van der Waals surface area contributed by atoms with Gasteiger partial charge in [-0.25, -0.2) is 9.59 Å². The van der Waals surface area contributed by atoms with Crippen molar-refractivity contribution in [1.82, 2.24) is 19.7 Å². The van der Waals surface area contributed by atoms with Gasteiger partial charge >= 0.3 is 24.3 Å². The molecule has 212 valence electrons. The summed E-state index contributed by atoms with van der Waals surface area (Å²) in [7, 11) is 1.96. The maximum Gasteiger partial charge on any atom is 0.490 e. The molecule has 3 heterocycles. The summed E-state index contributed by atoms with van der Waals surface area (Å²) in [5.41, 5.74) is 2.38. The third kappa shape index (κ3) is 9.90. The van der Waals surface area contributed by atoms with Gasteiger partial charge in [-0.05, 0) is 24.5 Å². The molecule has 0 spiro atoms. The number of carboxylic acid groups (broad SMARTS) is 2. The summed E-state index contributed by atoms with van der Waals surface area (Å²) in [5.74, 6) is -5.51. The first kappa shape index (κ1) is 31.0. The Bertz CT molecular complexity index is 1010. The van der Waals surface area contributed by atoms with Crippen molar-refractivity contribution in [2.24, 2.45) is 7.05 Å². The molecule has 2 aliphatic rings. The molecule has 0 bridgehead atoms. The van der Waals surface area contributed by atoms with Crippen LogP contribution in [0.2, 0.25) is 0 Å². The van der Waals surface area contributed by atoms with Crippen LogP contribution in [0.1, 0.15) is 24.0 Å². The van der Waals surface area contributed by atoms with Crippen molar-refractivity contribution in [2.75, 3.05) is 13.2 Å². The highest BCUT2D eigenvalue weighted by molar-refractivity contribution is 5.73. The van der Waals surface area contributed by atoms with E-state index in [1.807, 2.05) is 30.2 Å². The lowest BCUT2D eigenvalue weighted by molar-refractivity contribution is -0.193. The average molecular weight is 556 g/mol. The number of aromatic nitrogens is 3. The number of morpholine rings is 1. The van der Waals surface area contributed by atoms with E-state index in [2.05, 4.69) is 27.2 Å². The zero-order valence-electron chi connectivity index (χ0n) is 20.0. The van der Waals surface area contributed by atoms with E-state index in [4.69, 9.17) is 29.3 Å². The molecule has 1 saturated carbocycles. The SMILES string of the molecule is Cn1cc(CN2CCO[C@H]3[C@H](OCc4cccnc4)CC[C@@H]32)cn1.O=C(O)C(F)(F)F.O=C(O)C(F)(F)F. The van der Waals surface area contributed by atoms with Gasteiger partial charge in [0.05, 0.1) is 31.6 Å². The lowest BCUT2D eigenvalue weighted by Gasteiger charge is -2.38. The smallest absolute Gasteiger partial charge is 0.475 e. The van der Waals surface area contributed by atoms with Gasteiger partial charge in [0.15, 0.2) is 0 Å². The van der Waals surface area contributed by atoms with Crippen molar-refractivity contribution in [3.8, 4) is 0 Å². The van der Waals surface area contributed by atoms with Gasteiger partial charge in [-0.1, -0.05) is 6.07 Å². The molecule has 4 rings (SSSR count). The summed E-state index contributed by atoms with van der Waals surface area (Å²) < 4.78 is 77.6. The zero-order valence-corrected chi connectivity index (χ0v) is 20.0. The van der Waals surface area contributed by atoms with E-state index in [1.165, 1.54) is 5.56 Å². The van der Waals surface area contributed by atoms with E-state index in [9.17, 15) is 26.3 Å². The van der Waals surface area contributed by atoms with Crippen LogP contribution in [0.15, 0.2) is 36.9 Å². The molecule has 1 aliphatic carbocycles. The molecular weight excluding hydrogens is 530 g/mol. The molecule has 38 heavy (non-hydrogen) atoms. The van der Waals surface area contributed by atoms with Gasteiger partial charge in [0.2, 0.25) is 0 Å². The number of aliphatic carboxylic acids is 2. The summed E-state index contributed by atoms with van der Waals surface area (Å²) in [5, 5.41) is 18.5. The van der Waals surface area contributed by atoms with E-state index in [-0.39, 0.29) is 12.2 Å². The van der Waals surface area contributed by atoms with Crippen LogP contribution in [0.25, 0.3) is 0 Å². The van der Waals surface area contributed by atoms with Crippen molar-refractivity contribution in [3.63, 3.8) is 0 Å². The Morgan fingerprint density at radius 2 is 1.71 bits per heavy atom. The minimum atomic E-state index is -5.08. The number of carboxylic acids is 2. The van der Waals surface area contributed by atoms with Crippen molar-refractivity contribution in [1.29, 1.82) is 0 Å². The van der Waals surface area contributed by atoms with Crippen LogP contribution < -0.4 is 0 Å². The van der Waals surface area contributed by atoms with Gasteiger partial charge < -0.3 is 19.7 Å². The number of rotatable bonds is 5. The molecular formula is C22H26F6N4O6. The number of nitrogens with zero attached hydrogens (tertiary/aromatic N) is 4. The maximum atomic E-state index is 10.6. The summed E-state index contributed by atoms with van der Waals surface area (Å²) in [4.78, 5) is 24.5. The number of carbonyl (C=O) groups is 2. The van der Waals surface area contributed by atoms with Crippen LogP contribution in [0.3, 0.4) is 0 Å². The molecule has 0 unspecified atom stereocenters. The summed E-state index contributed by atoms with van der Waals surface area (Å²) in [6.45, 7) is 3.29. The van der Waals surface area contributed by atoms with Gasteiger partial charge in [0, 0.05) is 50.3 Å². The first-order chi connectivity index (χ1) is 17.7. The van der Waals surface area contributed by atoms with Crippen LogP contribution in [-0.2, 0) is 39.3 Å².